The maximum atomic E-state index is 12.7. The maximum Gasteiger partial charge on any atom is 0.289 e. The molecule has 2 heterocycles. The van der Waals surface area contributed by atoms with Crippen molar-refractivity contribution in [2.24, 2.45) is 5.92 Å². The third kappa shape index (κ3) is 4.23. The number of nitrogens with one attached hydrogen (secondary N) is 1. The van der Waals surface area contributed by atoms with Crippen molar-refractivity contribution in [2.45, 2.75) is 50.6 Å². The van der Waals surface area contributed by atoms with E-state index in [9.17, 15) is 22.8 Å². The van der Waals surface area contributed by atoms with E-state index < -0.39 is 10.0 Å². The summed E-state index contributed by atoms with van der Waals surface area (Å²) in [7, 11) is -3.22. The molecule has 0 aromatic carbocycles. The molecule has 0 aromatic rings. The third-order valence-corrected chi connectivity index (χ3v) is 7.61. The minimum absolute atomic E-state index is 0.0956. The number of carbonyl (C=O) groups excluding carboxylic acids is 3. The second kappa shape index (κ2) is 7.85. The predicted octanol–water partition coefficient (Wildman–Crippen LogP) is 0.781. The molecule has 0 bridgehead atoms. The molecule has 0 radical (unpaired) electrons. The molecule has 2 saturated heterocycles. The Morgan fingerprint density at radius 1 is 1.12 bits per heavy atom. The lowest BCUT2D eigenvalue weighted by molar-refractivity contribution is -0.131. The minimum atomic E-state index is -3.22. The fraction of sp³-hybridized carbons (Fsp3) is 0.812. The van der Waals surface area contributed by atoms with Crippen LogP contribution in [0, 0.1) is 5.92 Å². The first kappa shape index (κ1) is 19.6. The van der Waals surface area contributed by atoms with Gasteiger partial charge in [-0.2, -0.15) is 0 Å². The lowest BCUT2D eigenvalue weighted by Crippen LogP contribution is -2.56. The first-order valence-corrected chi connectivity index (χ1v) is 11.8. The Hall–Kier alpha value is -1.13. The van der Waals surface area contributed by atoms with Gasteiger partial charge < -0.3 is 5.32 Å². The molecule has 1 N–H and O–H groups in total. The van der Waals surface area contributed by atoms with Crippen LogP contribution >= 0.6 is 11.8 Å². The number of sulfonamides is 1. The minimum Gasteiger partial charge on any atom is -0.351 e. The van der Waals surface area contributed by atoms with Crippen molar-refractivity contribution in [1.82, 2.24) is 14.5 Å². The second-order valence-corrected chi connectivity index (χ2v) is 10.1. The van der Waals surface area contributed by atoms with Crippen LogP contribution in [-0.4, -0.2) is 71.9 Å². The van der Waals surface area contributed by atoms with E-state index in [0.29, 0.717) is 25.9 Å². The van der Waals surface area contributed by atoms with Crippen LogP contribution in [0.5, 0.6) is 0 Å². The molecule has 1 saturated carbocycles. The number of nitrogens with zero attached hydrogens (tertiary/aromatic N) is 2. The van der Waals surface area contributed by atoms with Crippen LogP contribution in [0.15, 0.2) is 0 Å². The molecule has 0 spiro atoms. The molecular formula is C16H25N3O5S2. The molecule has 2 atom stereocenters. The van der Waals surface area contributed by atoms with Gasteiger partial charge in [0, 0.05) is 25.0 Å². The van der Waals surface area contributed by atoms with Crippen LogP contribution < -0.4 is 5.32 Å². The number of thioether (sulfide) groups is 1. The Balaban J connectivity index is 1.61. The zero-order valence-electron chi connectivity index (χ0n) is 14.8. The van der Waals surface area contributed by atoms with E-state index in [1.807, 2.05) is 0 Å². The number of imide groups is 1. The van der Waals surface area contributed by atoms with E-state index in [-0.39, 0.29) is 40.8 Å². The fourth-order valence-electron chi connectivity index (χ4n) is 4.02. The monoisotopic (exact) mass is 403 g/mol. The van der Waals surface area contributed by atoms with Crippen molar-refractivity contribution < 1.29 is 22.8 Å². The average Bonchev–Trinajstić information content (AvgIpc) is 2.93. The van der Waals surface area contributed by atoms with Gasteiger partial charge >= 0.3 is 0 Å². The van der Waals surface area contributed by atoms with Gasteiger partial charge in [0.15, 0.2) is 0 Å². The highest BCUT2D eigenvalue weighted by atomic mass is 32.2. The molecule has 0 unspecified atom stereocenters. The van der Waals surface area contributed by atoms with Crippen LogP contribution in [0.2, 0.25) is 0 Å². The molecule has 2 aliphatic heterocycles. The smallest absolute Gasteiger partial charge is 0.289 e. The summed E-state index contributed by atoms with van der Waals surface area (Å²) in [5, 5.41) is 2.83. The summed E-state index contributed by atoms with van der Waals surface area (Å²) in [6.07, 6.45) is 5.53. The van der Waals surface area contributed by atoms with Gasteiger partial charge in [0.05, 0.1) is 18.1 Å². The zero-order valence-corrected chi connectivity index (χ0v) is 16.5. The van der Waals surface area contributed by atoms with Crippen molar-refractivity contribution in [2.75, 3.05) is 25.1 Å². The lowest BCUT2D eigenvalue weighted by atomic mass is 9.88. The van der Waals surface area contributed by atoms with Crippen LogP contribution in [-0.2, 0) is 19.6 Å². The summed E-state index contributed by atoms with van der Waals surface area (Å²) < 4.78 is 24.6. The van der Waals surface area contributed by atoms with Gasteiger partial charge in [-0.1, -0.05) is 24.6 Å². The molecule has 3 rings (SSSR count). The van der Waals surface area contributed by atoms with Crippen molar-refractivity contribution >= 4 is 38.8 Å². The number of hydrogen-bond donors (Lipinski definition) is 1. The quantitative estimate of drug-likeness (QED) is 0.744. The summed E-state index contributed by atoms with van der Waals surface area (Å²) in [6, 6.07) is -0.477. The Morgan fingerprint density at radius 2 is 1.77 bits per heavy atom. The third-order valence-electron chi connectivity index (χ3n) is 5.47. The van der Waals surface area contributed by atoms with E-state index in [1.165, 1.54) is 15.5 Å². The van der Waals surface area contributed by atoms with Gasteiger partial charge in [-0.3, -0.25) is 19.3 Å². The van der Waals surface area contributed by atoms with Crippen molar-refractivity contribution in [3.63, 3.8) is 0 Å². The molecule has 8 nitrogen and oxygen atoms in total. The fourth-order valence-corrected chi connectivity index (χ4v) is 5.66. The molecular weight excluding hydrogens is 378 g/mol. The highest BCUT2D eigenvalue weighted by Crippen LogP contribution is 2.30. The first-order valence-electron chi connectivity index (χ1n) is 9.01. The average molecular weight is 404 g/mol. The van der Waals surface area contributed by atoms with E-state index in [2.05, 4.69) is 5.32 Å². The molecule has 3 aliphatic rings. The van der Waals surface area contributed by atoms with Crippen LogP contribution in [0.4, 0.5) is 4.79 Å². The van der Waals surface area contributed by atoms with Crippen LogP contribution in [0.3, 0.4) is 0 Å². The van der Waals surface area contributed by atoms with E-state index in [1.54, 1.807) is 0 Å². The molecule has 0 aromatic heterocycles. The largest absolute Gasteiger partial charge is 0.351 e. The van der Waals surface area contributed by atoms with Gasteiger partial charge in [0.2, 0.25) is 21.8 Å². The Kier molecular flexibility index (Phi) is 5.93. The predicted molar refractivity (Wildman–Crippen MR) is 98.0 cm³/mol. The Morgan fingerprint density at radius 3 is 2.35 bits per heavy atom. The van der Waals surface area contributed by atoms with Crippen LogP contribution in [0.25, 0.3) is 0 Å². The number of piperidine rings is 1. The van der Waals surface area contributed by atoms with Crippen molar-refractivity contribution in [3.05, 3.63) is 0 Å². The number of carbonyl (C=O) groups is 3. The summed E-state index contributed by atoms with van der Waals surface area (Å²) in [5.74, 6) is -0.315. The second-order valence-electron chi connectivity index (χ2n) is 7.22. The summed E-state index contributed by atoms with van der Waals surface area (Å²) in [5.41, 5.74) is 0. The topological polar surface area (TPSA) is 104 Å². The highest BCUT2D eigenvalue weighted by molar-refractivity contribution is 8.14. The van der Waals surface area contributed by atoms with E-state index in [0.717, 1.165) is 37.4 Å². The van der Waals surface area contributed by atoms with Gasteiger partial charge in [0.25, 0.3) is 5.24 Å². The summed E-state index contributed by atoms with van der Waals surface area (Å²) >= 11 is 1.02. The summed E-state index contributed by atoms with van der Waals surface area (Å²) in [4.78, 5) is 38.1. The Labute approximate surface area is 158 Å². The van der Waals surface area contributed by atoms with Gasteiger partial charge in [-0.05, 0) is 25.7 Å². The molecule has 146 valence electrons. The molecule has 3 fully saturated rings. The molecule has 10 heteroatoms. The number of amides is 3. The lowest BCUT2D eigenvalue weighted by Gasteiger charge is -2.38. The SMILES string of the molecule is CS(=O)(=O)N1CCC(C(=O)N[C@@H]2CCCC[C@@H]2N2C(=O)CSC2=O)CC1. The molecule has 3 amide bonds. The standard InChI is InChI=1S/C16H25N3O5S2/c1-26(23,24)18-8-6-11(7-9-18)15(21)17-12-4-2-3-5-13(12)19-14(20)10-25-16(19)22/h11-13H,2-10H2,1H3,(H,17,21)/t12-,13+/m1/s1. The van der Waals surface area contributed by atoms with Crippen LogP contribution in [0.1, 0.15) is 38.5 Å². The first-order chi connectivity index (χ1) is 12.3. The van der Waals surface area contributed by atoms with E-state index >= 15 is 0 Å². The van der Waals surface area contributed by atoms with E-state index in [4.69, 9.17) is 0 Å². The number of hydrogen-bond acceptors (Lipinski definition) is 6. The van der Waals surface area contributed by atoms with Crippen molar-refractivity contribution in [3.8, 4) is 0 Å². The van der Waals surface area contributed by atoms with Crippen molar-refractivity contribution in [1.29, 1.82) is 0 Å². The highest BCUT2D eigenvalue weighted by Gasteiger charge is 2.41. The van der Waals surface area contributed by atoms with Gasteiger partial charge in [-0.15, -0.1) is 0 Å². The Bertz CT molecular complexity index is 672. The van der Waals surface area contributed by atoms with Gasteiger partial charge in [-0.25, -0.2) is 12.7 Å². The molecule has 1 aliphatic carbocycles. The zero-order chi connectivity index (χ0) is 18.9. The maximum absolute atomic E-state index is 12.7. The normalized spacial score (nSPS) is 29.2. The van der Waals surface area contributed by atoms with Gasteiger partial charge in [0.1, 0.15) is 0 Å². The number of rotatable bonds is 4. The molecule has 26 heavy (non-hydrogen) atoms. The summed E-state index contributed by atoms with van der Waals surface area (Å²) in [6.45, 7) is 0.704.